The van der Waals surface area contributed by atoms with Gasteiger partial charge in [0.05, 0.1) is 9.95 Å². The molecule has 0 aliphatic rings. The van der Waals surface area contributed by atoms with Gasteiger partial charge in [-0.15, -0.1) is 0 Å². The van der Waals surface area contributed by atoms with Crippen molar-refractivity contribution in [2.45, 2.75) is 30.6 Å². The smallest absolute Gasteiger partial charge is 0.270 e. The van der Waals surface area contributed by atoms with Crippen LogP contribution < -0.4 is 4.72 Å². The van der Waals surface area contributed by atoms with Crippen LogP contribution in [0.5, 0.6) is 0 Å². The molecule has 0 saturated heterocycles. The molecule has 0 atom stereocenters. The topological polar surface area (TPSA) is 110 Å². The molecule has 0 bridgehead atoms. The maximum Gasteiger partial charge on any atom is 0.270 e. The highest BCUT2D eigenvalue weighted by atomic mass is 35.5. The fourth-order valence-electron chi connectivity index (χ4n) is 1.69. The zero-order chi connectivity index (χ0) is 15.9. The highest BCUT2D eigenvalue weighted by molar-refractivity contribution is 7.89. The average Bonchev–Trinajstić information content (AvgIpc) is 2.42. The molecule has 1 aromatic carbocycles. The average molecular weight is 337 g/mol. The molecule has 7 nitrogen and oxygen atoms in total. The number of nitro benzene ring substituents is 1. The van der Waals surface area contributed by atoms with Crippen LogP contribution >= 0.6 is 11.6 Å². The standard InChI is InChI=1S/C12H17ClN2O5S/c13-11-6-5-10(15(17)18)9-12(11)21(19,20)14-7-3-1-2-4-8-16/h5-6,9,14,16H,1-4,7-8H2. The molecule has 0 amide bonds. The Hall–Kier alpha value is -1.22. The van der Waals surface area contributed by atoms with Gasteiger partial charge in [0.2, 0.25) is 10.0 Å². The predicted octanol–water partition coefficient (Wildman–Crippen LogP) is 2.08. The number of halogens is 1. The van der Waals surface area contributed by atoms with Crippen molar-refractivity contribution in [1.82, 2.24) is 4.72 Å². The number of nitrogens with one attached hydrogen (secondary N) is 1. The zero-order valence-electron chi connectivity index (χ0n) is 11.3. The van der Waals surface area contributed by atoms with Gasteiger partial charge in [-0.2, -0.15) is 0 Å². The van der Waals surface area contributed by atoms with E-state index in [0.717, 1.165) is 25.0 Å². The van der Waals surface area contributed by atoms with E-state index in [1.54, 1.807) is 0 Å². The van der Waals surface area contributed by atoms with Gasteiger partial charge >= 0.3 is 0 Å². The number of hydrogen-bond acceptors (Lipinski definition) is 5. The SMILES string of the molecule is O=[N+]([O-])c1ccc(Cl)c(S(=O)(=O)NCCCCCCO)c1. The summed E-state index contributed by atoms with van der Waals surface area (Å²) in [7, 11) is -3.88. The summed E-state index contributed by atoms with van der Waals surface area (Å²) in [6, 6.07) is 3.28. The zero-order valence-corrected chi connectivity index (χ0v) is 12.9. The highest BCUT2D eigenvalue weighted by Gasteiger charge is 2.20. The maximum absolute atomic E-state index is 12.1. The van der Waals surface area contributed by atoms with Gasteiger partial charge in [0.25, 0.3) is 5.69 Å². The Labute approximate surface area is 128 Å². The Balaban J connectivity index is 2.70. The van der Waals surface area contributed by atoms with Gasteiger partial charge in [0, 0.05) is 25.3 Å². The molecule has 118 valence electrons. The predicted molar refractivity (Wildman–Crippen MR) is 78.8 cm³/mol. The lowest BCUT2D eigenvalue weighted by atomic mass is 10.2. The van der Waals surface area contributed by atoms with Crippen LogP contribution in [0.15, 0.2) is 23.1 Å². The third-order valence-electron chi connectivity index (χ3n) is 2.79. The quantitative estimate of drug-likeness (QED) is 0.407. The molecule has 21 heavy (non-hydrogen) atoms. The molecular formula is C12H17ClN2O5S. The van der Waals surface area contributed by atoms with E-state index in [1.165, 1.54) is 6.07 Å². The molecule has 0 fully saturated rings. The molecule has 0 spiro atoms. The van der Waals surface area contributed by atoms with E-state index in [-0.39, 0.29) is 28.8 Å². The summed E-state index contributed by atoms with van der Waals surface area (Å²) in [6.45, 7) is 0.335. The normalized spacial score (nSPS) is 11.5. The Morgan fingerprint density at radius 2 is 1.90 bits per heavy atom. The summed E-state index contributed by atoms with van der Waals surface area (Å²) in [4.78, 5) is 9.71. The monoisotopic (exact) mass is 336 g/mol. The van der Waals surface area contributed by atoms with Gasteiger partial charge in [-0.05, 0) is 18.9 Å². The van der Waals surface area contributed by atoms with Crippen LogP contribution in [0.4, 0.5) is 5.69 Å². The second-order valence-electron chi connectivity index (χ2n) is 4.41. The second-order valence-corrected chi connectivity index (χ2v) is 6.55. The lowest BCUT2D eigenvalue weighted by Gasteiger charge is -2.08. The maximum atomic E-state index is 12.1. The van der Waals surface area contributed by atoms with Gasteiger partial charge in [0.1, 0.15) is 4.90 Å². The number of sulfonamides is 1. The minimum Gasteiger partial charge on any atom is -0.396 e. The summed E-state index contributed by atoms with van der Waals surface area (Å²) in [5.74, 6) is 0. The third-order valence-corrected chi connectivity index (χ3v) is 4.73. The molecule has 0 heterocycles. The lowest BCUT2D eigenvalue weighted by Crippen LogP contribution is -2.25. The number of nitrogens with zero attached hydrogens (tertiary/aromatic N) is 1. The number of aliphatic hydroxyl groups is 1. The fourth-order valence-corrected chi connectivity index (χ4v) is 3.28. The number of aliphatic hydroxyl groups excluding tert-OH is 1. The molecule has 0 unspecified atom stereocenters. The van der Waals surface area contributed by atoms with E-state index in [2.05, 4.69) is 4.72 Å². The molecule has 0 saturated carbocycles. The first-order valence-electron chi connectivity index (χ1n) is 6.43. The van der Waals surface area contributed by atoms with Crippen molar-refractivity contribution in [3.8, 4) is 0 Å². The number of hydrogen-bond donors (Lipinski definition) is 2. The molecule has 0 aliphatic carbocycles. The molecule has 0 aromatic heterocycles. The van der Waals surface area contributed by atoms with Crippen molar-refractivity contribution in [2.24, 2.45) is 0 Å². The summed E-state index contributed by atoms with van der Waals surface area (Å²) in [6.07, 6.45) is 2.90. The molecule has 1 rings (SSSR count). The Morgan fingerprint density at radius 3 is 2.52 bits per heavy atom. The van der Waals surface area contributed by atoms with Gasteiger partial charge in [-0.3, -0.25) is 10.1 Å². The van der Waals surface area contributed by atoms with E-state index < -0.39 is 14.9 Å². The molecule has 1 aromatic rings. The van der Waals surface area contributed by atoms with Gasteiger partial charge < -0.3 is 5.11 Å². The molecule has 9 heteroatoms. The van der Waals surface area contributed by atoms with Crippen molar-refractivity contribution in [2.75, 3.05) is 13.2 Å². The van der Waals surface area contributed by atoms with Crippen LogP contribution in [0, 0.1) is 10.1 Å². The van der Waals surface area contributed by atoms with Crippen LogP contribution in [0.1, 0.15) is 25.7 Å². The number of benzene rings is 1. The van der Waals surface area contributed by atoms with Crippen molar-refractivity contribution >= 4 is 27.3 Å². The second kappa shape index (κ2) is 8.28. The summed E-state index contributed by atoms with van der Waals surface area (Å²) >= 11 is 5.80. The van der Waals surface area contributed by atoms with Crippen molar-refractivity contribution in [3.05, 3.63) is 33.3 Å². The van der Waals surface area contributed by atoms with E-state index >= 15 is 0 Å². The van der Waals surface area contributed by atoms with E-state index in [1.807, 2.05) is 0 Å². The molecule has 0 aliphatic heterocycles. The Morgan fingerprint density at radius 1 is 1.24 bits per heavy atom. The Bertz CT molecular complexity index is 591. The van der Waals surface area contributed by atoms with Crippen molar-refractivity contribution in [3.63, 3.8) is 0 Å². The summed E-state index contributed by atoms with van der Waals surface area (Å²) < 4.78 is 26.5. The van der Waals surface area contributed by atoms with Gasteiger partial charge in [-0.1, -0.05) is 24.4 Å². The lowest BCUT2D eigenvalue weighted by molar-refractivity contribution is -0.385. The van der Waals surface area contributed by atoms with Crippen molar-refractivity contribution in [1.29, 1.82) is 0 Å². The number of unbranched alkanes of at least 4 members (excludes halogenated alkanes) is 3. The van der Waals surface area contributed by atoms with Crippen LogP contribution in [0.25, 0.3) is 0 Å². The summed E-state index contributed by atoms with van der Waals surface area (Å²) in [5.41, 5.74) is -0.331. The largest absolute Gasteiger partial charge is 0.396 e. The molecular weight excluding hydrogens is 320 g/mol. The van der Waals surface area contributed by atoms with Gasteiger partial charge in [0.15, 0.2) is 0 Å². The van der Waals surface area contributed by atoms with E-state index in [0.29, 0.717) is 12.8 Å². The third kappa shape index (κ3) is 5.58. The van der Waals surface area contributed by atoms with Gasteiger partial charge in [-0.25, -0.2) is 13.1 Å². The van der Waals surface area contributed by atoms with E-state index in [4.69, 9.17) is 16.7 Å². The minimum atomic E-state index is -3.88. The Kier molecular flexibility index (Phi) is 7.03. The van der Waals surface area contributed by atoms with Crippen molar-refractivity contribution < 1.29 is 18.4 Å². The van der Waals surface area contributed by atoms with Crippen LogP contribution in [0.2, 0.25) is 5.02 Å². The number of non-ortho nitro benzene ring substituents is 1. The fraction of sp³-hybridized carbons (Fsp3) is 0.500. The van der Waals surface area contributed by atoms with E-state index in [9.17, 15) is 18.5 Å². The number of rotatable bonds is 9. The first-order chi connectivity index (χ1) is 9.88. The first kappa shape index (κ1) is 17.8. The molecule has 0 radical (unpaired) electrons. The first-order valence-corrected chi connectivity index (χ1v) is 8.29. The summed E-state index contributed by atoms with van der Waals surface area (Å²) in [5, 5.41) is 19.2. The minimum absolute atomic E-state index is 0.0617. The van der Waals surface area contributed by atoms with Crippen LogP contribution in [-0.4, -0.2) is 31.6 Å². The molecule has 2 N–H and O–H groups in total. The highest BCUT2D eigenvalue weighted by Crippen LogP contribution is 2.25. The van der Waals surface area contributed by atoms with Crippen LogP contribution in [0.3, 0.4) is 0 Å². The van der Waals surface area contributed by atoms with Crippen LogP contribution in [-0.2, 0) is 10.0 Å². The number of nitro groups is 1.